The first-order valence-electron chi connectivity index (χ1n) is 42.8. The number of aliphatic hydroxyl groups excluding tert-OH is 1. The van der Waals surface area contributed by atoms with Gasteiger partial charge in [-0.25, -0.2) is 0 Å². The van der Waals surface area contributed by atoms with E-state index in [1.54, 1.807) is 0 Å². The summed E-state index contributed by atoms with van der Waals surface area (Å²) < 4.78 is 23.6. The lowest BCUT2D eigenvalue weighted by Gasteiger charge is -2.30. The van der Waals surface area contributed by atoms with Crippen LogP contribution in [0.4, 0.5) is 0 Å². The molecule has 0 aromatic carbocycles. The predicted molar refractivity (Wildman–Crippen MR) is 418 cm³/mol. The highest BCUT2D eigenvalue weighted by Gasteiger charge is 2.24. The lowest BCUT2D eigenvalue weighted by molar-refractivity contribution is -0.870. The molecule has 0 aliphatic heterocycles. The molecule has 2 N–H and O–H groups in total. The van der Waals surface area contributed by atoms with Gasteiger partial charge in [0.05, 0.1) is 39.9 Å². The number of hydrogen-bond donors (Lipinski definition) is 2. The summed E-state index contributed by atoms with van der Waals surface area (Å²) in [6.45, 7) is 4.78. The van der Waals surface area contributed by atoms with Gasteiger partial charge in [0.25, 0.3) is 7.82 Å². The fourth-order valence-electron chi connectivity index (χ4n) is 13.5. The number of phosphoric ester groups is 1. The number of aliphatic hydroxyl groups is 1. The first-order chi connectivity index (χ1) is 46.5. The lowest BCUT2D eigenvalue weighted by Crippen LogP contribution is -2.46. The van der Waals surface area contributed by atoms with Crippen LogP contribution in [0.25, 0.3) is 0 Å². The van der Waals surface area contributed by atoms with E-state index in [1.807, 2.05) is 21.1 Å². The van der Waals surface area contributed by atoms with Gasteiger partial charge in [0.2, 0.25) is 5.91 Å². The number of hydrogen-bond acceptors (Lipinski definition) is 6. The molecule has 0 aliphatic rings. The standard InChI is InChI=1S/C86H169N2O6P/c1-6-8-10-12-14-16-18-20-22-24-26-28-30-32-34-36-38-40-41-42-43-44-45-46-47-48-50-52-54-56-58-60-62-64-66-68-70-72-74-76-78-80-86(90)87-84(83-94-95(91,92)93-82-81-88(3,4)5)85(89)79-77-75-73-71-69-67-65-63-61-59-57-55-53-51-49-39-37-35-33-31-29-27-25-23-21-19-17-15-13-11-9-7-2/h18,20,24,26,30,32,84-85,89H,6-17,19,21-23,25,27-29,31,33-83H2,1-5H3,(H-,87,90,91,92)/b20-18-,26-24-,32-30-. The van der Waals surface area contributed by atoms with Gasteiger partial charge in [-0.2, -0.15) is 0 Å². The molecular weight excluding hydrogens is 1190 g/mol. The Labute approximate surface area is 595 Å². The third-order valence-electron chi connectivity index (χ3n) is 20.1. The highest BCUT2D eigenvalue weighted by molar-refractivity contribution is 7.45. The second kappa shape index (κ2) is 76.9. The summed E-state index contributed by atoms with van der Waals surface area (Å²) in [4.78, 5) is 25.8. The Hall–Kier alpha value is -1.28. The van der Waals surface area contributed by atoms with E-state index in [9.17, 15) is 19.4 Å². The number of quaternary nitrogens is 1. The maximum atomic E-state index is 13.1. The number of carbonyl (C=O) groups excluding carboxylic acids is 1. The Morgan fingerprint density at radius 3 is 0.884 bits per heavy atom. The topological polar surface area (TPSA) is 108 Å². The summed E-state index contributed by atoms with van der Waals surface area (Å²) in [5, 5.41) is 14.2. The minimum Gasteiger partial charge on any atom is -0.756 e. The summed E-state index contributed by atoms with van der Waals surface area (Å²) in [6.07, 6.45) is 104. The SMILES string of the molecule is CCCCCCC/C=C\C/C=C\C/C=C\CCCCCCCCCCCCCCCCCCCCCCCCCCCCC(=O)NC(COP(=O)([O-])OCC[N+](C)(C)C)C(O)CCCCCCCCCCCCCCCCCCCCCCCCCCCCCCCCCC. The molecule has 0 bridgehead atoms. The second-order valence-corrected chi connectivity index (χ2v) is 32.3. The summed E-state index contributed by atoms with van der Waals surface area (Å²) in [5.74, 6) is -0.154. The first kappa shape index (κ1) is 93.7. The van der Waals surface area contributed by atoms with Crippen molar-refractivity contribution in [2.75, 3.05) is 40.9 Å². The molecule has 0 aromatic rings. The molecule has 0 radical (unpaired) electrons. The van der Waals surface area contributed by atoms with Crippen LogP contribution in [0.5, 0.6) is 0 Å². The fraction of sp³-hybridized carbons (Fsp3) is 0.919. The van der Waals surface area contributed by atoms with Crippen molar-refractivity contribution in [2.24, 2.45) is 0 Å². The first-order valence-corrected chi connectivity index (χ1v) is 44.3. The monoisotopic (exact) mass is 1360 g/mol. The predicted octanol–water partition coefficient (Wildman–Crippen LogP) is 27.7. The number of unbranched alkanes of at least 4 members (excludes halogenated alkanes) is 62. The number of amides is 1. The highest BCUT2D eigenvalue weighted by Crippen LogP contribution is 2.38. The van der Waals surface area contributed by atoms with Gasteiger partial charge in [-0.15, -0.1) is 0 Å². The normalized spacial score (nSPS) is 13.5. The van der Waals surface area contributed by atoms with Crippen molar-refractivity contribution in [1.82, 2.24) is 5.32 Å². The number of nitrogens with zero attached hydrogens (tertiary/aromatic N) is 1. The van der Waals surface area contributed by atoms with Gasteiger partial charge in [-0.3, -0.25) is 9.36 Å². The number of carbonyl (C=O) groups is 1. The number of allylic oxidation sites excluding steroid dienone is 6. The Balaban J connectivity index is 3.86. The van der Waals surface area contributed by atoms with Crippen LogP contribution in [-0.4, -0.2) is 68.5 Å². The zero-order chi connectivity index (χ0) is 69.0. The van der Waals surface area contributed by atoms with E-state index < -0.39 is 20.0 Å². The summed E-state index contributed by atoms with van der Waals surface area (Å²) in [6, 6.07) is -0.801. The fourth-order valence-corrected chi connectivity index (χ4v) is 14.3. The van der Waals surface area contributed by atoms with E-state index in [0.29, 0.717) is 23.9 Å². The molecule has 9 heteroatoms. The third kappa shape index (κ3) is 79.9. The molecule has 95 heavy (non-hydrogen) atoms. The molecule has 0 aromatic heterocycles. The van der Waals surface area contributed by atoms with Crippen molar-refractivity contribution in [3.8, 4) is 0 Å². The minimum atomic E-state index is -4.58. The van der Waals surface area contributed by atoms with Crippen LogP contribution >= 0.6 is 7.82 Å². The molecule has 0 spiro atoms. The van der Waals surface area contributed by atoms with Crippen LogP contribution in [0.2, 0.25) is 0 Å². The van der Waals surface area contributed by atoms with Gasteiger partial charge in [0.1, 0.15) is 13.2 Å². The quantitative estimate of drug-likeness (QED) is 0.0272. The lowest BCUT2D eigenvalue weighted by atomic mass is 10.0. The third-order valence-corrected chi connectivity index (χ3v) is 21.1. The van der Waals surface area contributed by atoms with Crippen LogP contribution in [0, 0.1) is 0 Å². The van der Waals surface area contributed by atoms with Gasteiger partial charge in [0, 0.05) is 6.42 Å². The van der Waals surface area contributed by atoms with Gasteiger partial charge in [0.15, 0.2) is 0 Å². The van der Waals surface area contributed by atoms with E-state index >= 15 is 0 Å². The molecule has 564 valence electrons. The number of phosphoric acid groups is 1. The highest BCUT2D eigenvalue weighted by atomic mass is 31.2. The molecule has 3 unspecified atom stereocenters. The summed E-state index contributed by atoms with van der Waals surface area (Å²) >= 11 is 0. The molecular formula is C86H169N2O6P. The number of nitrogens with one attached hydrogen (secondary N) is 1. The van der Waals surface area contributed by atoms with Gasteiger partial charge < -0.3 is 28.8 Å². The molecule has 0 aliphatic carbocycles. The van der Waals surface area contributed by atoms with Crippen molar-refractivity contribution in [3.63, 3.8) is 0 Å². The van der Waals surface area contributed by atoms with Crippen molar-refractivity contribution in [1.29, 1.82) is 0 Å². The van der Waals surface area contributed by atoms with Crippen molar-refractivity contribution in [2.45, 2.75) is 469 Å². The molecule has 0 rings (SSSR count). The minimum absolute atomic E-state index is 0.0154. The van der Waals surface area contributed by atoms with Gasteiger partial charge in [-0.1, -0.05) is 436 Å². The Morgan fingerprint density at radius 2 is 0.611 bits per heavy atom. The Bertz CT molecular complexity index is 1650. The Morgan fingerprint density at radius 1 is 0.368 bits per heavy atom. The maximum absolute atomic E-state index is 13.1. The number of likely N-dealkylation sites (N-methyl/N-ethyl adjacent to an activating group) is 1. The average Bonchev–Trinajstić information content (AvgIpc) is 2.01. The zero-order valence-electron chi connectivity index (χ0n) is 64.9. The molecule has 0 fully saturated rings. The Kier molecular flexibility index (Phi) is 75.9. The smallest absolute Gasteiger partial charge is 0.268 e. The van der Waals surface area contributed by atoms with E-state index in [-0.39, 0.29) is 19.1 Å². The van der Waals surface area contributed by atoms with Crippen LogP contribution in [0.3, 0.4) is 0 Å². The summed E-state index contributed by atoms with van der Waals surface area (Å²) in [5.41, 5.74) is 0. The van der Waals surface area contributed by atoms with Gasteiger partial charge in [-0.05, 0) is 51.4 Å². The second-order valence-electron chi connectivity index (χ2n) is 30.9. The summed E-state index contributed by atoms with van der Waals surface area (Å²) in [7, 11) is 1.33. The van der Waals surface area contributed by atoms with Crippen LogP contribution < -0.4 is 10.2 Å². The largest absolute Gasteiger partial charge is 0.756 e. The van der Waals surface area contributed by atoms with E-state index in [4.69, 9.17) is 9.05 Å². The molecule has 0 saturated heterocycles. The van der Waals surface area contributed by atoms with Crippen molar-refractivity contribution < 1.29 is 32.9 Å². The van der Waals surface area contributed by atoms with Crippen LogP contribution in [0.1, 0.15) is 457 Å². The molecule has 0 heterocycles. The van der Waals surface area contributed by atoms with Gasteiger partial charge >= 0.3 is 0 Å². The molecule has 3 atom stereocenters. The zero-order valence-corrected chi connectivity index (χ0v) is 65.8. The van der Waals surface area contributed by atoms with E-state index in [2.05, 4.69) is 55.6 Å². The van der Waals surface area contributed by atoms with E-state index in [1.165, 1.54) is 379 Å². The van der Waals surface area contributed by atoms with Crippen LogP contribution in [-0.2, 0) is 18.4 Å². The molecule has 1 amide bonds. The van der Waals surface area contributed by atoms with E-state index in [0.717, 1.165) is 51.4 Å². The number of rotatable bonds is 81. The van der Waals surface area contributed by atoms with Crippen molar-refractivity contribution >= 4 is 13.7 Å². The molecule has 8 nitrogen and oxygen atoms in total. The van der Waals surface area contributed by atoms with Crippen LogP contribution in [0.15, 0.2) is 36.5 Å². The van der Waals surface area contributed by atoms with Crippen molar-refractivity contribution in [3.05, 3.63) is 36.5 Å². The average molecular weight is 1360 g/mol. The molecule has 0 saturated carbocycles. The maximum Gasteiger partial charge on any atom is 0.268 e.